The Kier molecular flexibility index (Phi) is 14.7. The van der Waals surface area contributed by atoms with Crippen LogP contribution in [0.3, 0.4) is 0 Å². The van der Waals surface area contributed by atoms with Crippen molar-refractivity contribution in [3.05, 3.63) is 124 Å². The van der Waals surface area contributed by atoms with Crippen LogP contribution in [0.1, 0.15) is 105 Å². The van der Waals surface area contributed by atoms with E-state index in [1.54, 1.807) is 24.3 Å². The van der Waals surface area contributed by atoms with Gasteiger partial charge in [-0.15, -0.1) is 0 Å². The van der Waals surface area contributed by atoms with Crippen molar-refractivity contribution in [1.29, 1.82) is 0 Å². The number of aromatic amines is 1. The molecule has 1 saturated carbocycles. The van der Waals surface area contributed by atoms with Crippen LogP contribution in [0, 0.1) is 23.2 Å². The van der Waals surface area contributed by atoms with Crippen molar-refractivity contribution in [1.82, 2.24) is 15.6 Å². The van der Waals surface area contributed by atoms with Crippen LogP contribution < -0.4 is 25.4 Å². The SMILES string of the molecule is CNCC1CC(c2cc(O)c(O)c(OCCCC(C)C)c2)CC(=O)C(C(O)CCc2ccc(O)c3c2CCCO3)C2(CCC(O)C2Cc2ccc[nH]2)C2=CCNC(=C2)Nc2ccc3cc(O)ccc3c21. The number of benzene rings is 4. The second-order valence-corrected chi connectivity index (χ2v) is 20.5. The van der Waals surface area contributed by atoms with E-state index in [1.807, 2.05) is 49.6 Å². The van der Waals surface area contributed by atoms with Gasteiger partial charge in [-0.25, -0.2) is 0 Å². The lowest BCUT2D eigenvalue weighted by atomic mass is 9.57. The summed E-state index contributed by atoms with van der Waals surface area (Å²) in [7, 11) is 1.90. The van der Waals surface area contributed by atoms with Crippen LogP contribution in [0.4, 0.5) is 5.69 Å². The molecule has 1 fully saturated rings. The Morgan fingerprint density at radius 1 is 1.00 bits per heavy atom. The molecule has 13 nitrogen and oxygen atoms in total. The fourth-order valence-corrected chi connectivity index (χ4v) is 12.4. The summed E-state index contributed by atoms with van der Waals surface area (Å²) in [5.74, 6) is -1.14. The number of Topliss-reactive ketones (excluding diaryl/α,β-unsaturated/α-hetero) is 1. The Morgan fingerprint density at radius 3 is 2.66 bits per heavy atom. The minimum Gasteiger partial charge on any atom is -0.508 e. The molecule has 13 heteroatoms. The van der Waals surface area contributed by atoms with E-state index in [-0.39, 0.29) is 53.3 Å². The lowest BCUT2D eigenvalue weighted by Crippen LogP contribution is -2.50. The lowest BCUT2D eigenvalue weighted by Gasteiger charge is -2.46. The number of aliphatic hydroxyl groups is 2. The molecule has 4 aliphatic rings. The number of phenols is 4. The average molecular weight is 955 g/mol. The standard InChI is InChI=1S/C57H70N4O9/c1-33(2)7-5-23-69-51-29-37(28-50(67)55(51)68)36-25-38(32-58-3)53-42-14-13-41(62)26-35(42)10-15-45(53)61-52-30-39(19-22-60-52)57(20-18-46(63)44(57)31-40-8-4-21-59-40)54(49(66)27-36)47(64)16-11-34-12-17-48(65)56-43(34)9-6-24-70-56/h4,8,10,12-15,17,19,21,26,28-30,33,36,38,44,46-47,54,58-65,67-68H,5-7,9,11,16,18,20,22-25,27,31-32H2,1-3H3. The highest BCUT2D eigenvalue weighted by atomic mass is 16.5. The van der Waals surface area contributed by atoms with Gasteiger partial charge >= 0.3 is 0 Å². The number of nitrogens with one attached hydrogen (secondary N) is 4. The summed E-state index contributed by atoms with van der Waals surface area (Å²) >= 11 is 0. The molecule has 4 heterocycles. The van der Waals surface area contributed by atoms with Crippen LogP contribution in [0.2, 0.25) is 0 Å². The number of likely N-dealkylation sites (N-methyl/N-ethyl adjacent to an activating group) is 1. The molecule has 1 aliphatic carbocycles. The maximum absolute atomic E-state index is 16.3. The minimum atomic E-state index is -1.17. The third-order valence-corrected chi connectivity index (χ3v) is 15.6. The third-order valence-electron chi connectivity index (χ3n) is 15.6. The van der Waals surface area contributed by atoms with Gasteiger partial charge in [0.25, 0.3) is 0 Å². The largest absolute Gasteiger partial charge is 0.508 e. The van der Waals surface area contributed by atoms with Crippen LogP contribution in [0.15, 0.2) is 96.5 Å². The number of aromatic hydroxyl groups is 4. The predicted molar refractivity (Wildman–Crippen MR) is 272 cm³/mol. The van der Waals surface area contributed by atoms with E-state index < -0.39 is 35.4 Å². The van der Waals surface area contributed by atoms with Crippen molar-refractivity contribution >= 4 is 22.2 Å². The Hall–Kier alpha value is -6.15. The van der Waals surface area contributed by atoms with E-state index in [1.165, 1.54) is 6.07 Å². The molecule has 0 saturated heterocycles. The first-order valence-electron chi connectivity index (χ1n) is 25.3. The molecule has 1 spiro atoms. The van der Waals surface area contributed by atoms with E-state index in [0.29, 0.717) is 75.6 Å². The van der Waals surface area contributed by atoms with Crippen LogP contribution in [0.25, 0.3) is 10.8 Å². The van der Waals surface area contributed by atoms with Gasteiger partial charge in [0.1, 0.15) is 17.4 Å². The van der Waals surface area contributed by atoms with Crippen molar-refractivity contribution < 1.29 is 44.9 Å². The number of ether oxygens (including phenoxy) is 2. The monoisotopic (exact) mass is 955 g/mol. The normalized spacial score (nSPS) is 24.0. The molecule has 5 aromatic rings. The molecule has 1 aromatic heterocycles. The number of carbonyl (C=O) groups is 1. The average Bonchev–Trinajstić information content (AvgIpc) is 3.98. The van der Waals surface area contributed by atoms with E-state index in [2.05, 4.69) is 46.9 Å². The minimum absolute atomic E-state index is 0.0368. The number of aliphatic hydroxyl groups excluding tert-OH is 2. The van der Waals surface area contributed by atoms with Gasteiger partial charge in [0, 0.05) is 54.0 Å². The van der Waals surface area contributed by atoms with Gasteiger partial charge in [-0.05, 0) is 177 Å². The summed E-state index contributed by atoms with van der Waals surface area (Å²) in [6, 6.07) is 20.1. The van der Waals surface area contributed by atoms with Crippen molar-refractivity contribution in [3.63, 3.8) is 0 Å². The molecule has 70 heavy (non-hydrogen) atoms. The van der Waals surface area contributed by atoms with Crippen LogP contribution in [-0.4, -0.2) is 87.0 Å². The van der Waals surface area contributed by atoms with Gasteiger partial charge in [-0.1, -0.05) is 38.1 Å². The van der Waals surface area contributed by atoms with E-state index >= 15 is 4.79 Å². The highest BCUT2D eigenvalue weighted by molar-refractivity contribution is 5.92. The highest BCUT2D eigenvalue weighted by Gasteiger charge is 2.58. The first kappa shape index (κ1) is 48.9. The van der Waals surface area contributed by atoms with Crippen molar-refractivity contribution in [2.45, 2.75) is 109 Å². The number of fused-ring (bicyclic) bond motifs is 6. The van der Waals surface area contributed by atoms with Crippen LogP contribution >= 0.6 is 0 Å². The fraction of sp³-hybridized carbons (Fsp3) is 0.456. The number of aryl methyl sites for hydroxylation is 1. The molecule has 372 valence electrons. The molecule has 7 unspecified atom stereocenters. The van der Waals surface area contributed by atoms with Gasteiger partial charge in [0.2, 0.25) is 5.75 Å². The number of ketones is 1. The van der Waals surface area contributed by atoms with Gasteiger partial charge in [0.15, 0.2) is 23.0 Å². The summed E-state index contributed by atoms with van der Waals surface area (Å²) in [5, 5.41) is 82.0. The summed E-state index contributed by atoms with van der Waals surface area (Å²) in [5.41, 5.74) is 5.04. The number of carbonyl (C=O) groups excluding carboxylic acids is 1. The number of anilines is 1. The Balaban J connectivity index is 1.23. The van der Waals surface area contributed by atoms with Crippen LogP contribution in [0.5, 0.6) is 34.5 Å². The van der Waals surface area contributed by atoms with Crippen molar-refractivity contribution in [3.8, 4) is 34.5 Å². The first-order chi connectivity index (χ1) is 33.8. The molecule has 4 aromatic carbocycles. The number of dihydropyridines is 1. The predicted octanol–water partition coefficient (Wildman–Crippen LogP) is 8.97. The molecule has 0 radical (unpaired) electrons. The molecule has 10 N–H and O–H groups in total. The van der Waals surface area contributed by atoms with Gasteiger partial charge in [-0.3, -0.25) is 4.79 Å². The number of aromatic nitrogens is 1. The molecule has 3 aliphatic heterocycles. The summed E-state index contributed by atoms with van der Waals surface area (Å²) in [4.78, 5) is 19.7. The molecule has 0 amide bonds. The fourth-order valence-electron chi connectivity index (χ4n) is 12.4. The second-order valence-electron chi connectivity index (χ2n) is 20.5. The molecular weight excluding hydrogens is 885 g/mol. The van der Waals surface area contributed by atoms with E-state index in [9.17, 15) is 30.6 Å². The Morgan fingerprint density at radius 2 is 1.86 bits per heavy atom. The van der Waals surface area contributed by atoms with Crippen molar-refractivity contribution in [2.24, 2.45) is 23.2 Å². The maximum atomic E-state index is 16.3. The number of phenolic OH excluding ortho intramolecular Hbond substituents is 4. The van der Waals surface area contributed by atoms with E-state index in [4.69, 9.17) is 9.47 Å². The smallest absolute Gasteiger partial charge is 0.200 e. The zero-order valence-corrected chi connectivity index (χ0v) is 40.6. The summed E-state index contributed by atoms with van der Waals surface area (Å²) in [6.45, 7) is 6.06. The first-order valence-corrected chi connectivity index (χ1v) is 25.3. The third kappa shape index (κ3) is 9.93. The number of rotatable bonds is 14. The van der Waals surface area contributed by atoms with Crippen LogP contribution in [-0.2, 0) is 24.1 Å². The van der Waals surface area contributed by atoms with Gasteiger partial charge in [0.05, 0.1) is 31.3 Å². The number of hydrogen-bond acceptors (Lipinski definition) is 12. The Labute approximate surface area is 410 Å². The van der Waals surface area contributed by atoms with Gasteiger partial charge < -0.3 is 61.0 Å². The second kappa shape index (κ2) is 21.1. The zero-order chi connectivity index (χ0) is 49.1. The molecule has 2 bridgehead atoms. The summed E-state index contributed by atoms with van der Waals surface area (Å²) < 4.78 is 12.1. The quantitative estimate of drug-likeness (QED) is 0.0374. The number of H-pyrrole nitrogens is 1. The number of allylic oxidation sites excluding steroid dienone is 2. The number of hydrogen-bond donors (Lipinski definition) is 10. The summed E-state index contributed by atoms with van der Waals surface area (Å²) in [6.07, 6.45) is 9.60. The highest BCUT2D eigenvalue weighted by Crippen LogP contribution is 2.58. The molecule has 7 atom stereocenters. The molecule has 9 rings (SSSR count). The van der Waals surface area contributed by atoms with Gasteiger partial charge in [-0.2, -0.15) is 0 Å². The Bertz CT molecular complexity index is 2730. The lowest BCUT2D eigenvalue weighted by molar-refractivity contribution is -0.134. The molecular formula is C57H70N4O9. The van der Waals surface area contributed by atoms with Crippen molar-refractivity contribution in [2.75, 3.05) is 38.7 Å². The zero-order valence-electron chi connectivity index (χ0n) is 40.6. The maximum Gasteiger partial charge on any atom is 0.200 e. The van der Waals surface area contributed by atoms with E-state index in [0.717, 1.165) is 75.9 Å². The topological polar surface area (TPSA) is 209 Å².